The average Bonchev–Trinajstić information content (AvgIpc) is 3.30. The average molecular weight is 300 g/mol. The summed E-state index contributed by atoms with van der Waals surface area (Å²) in [5, 5.41) is 0. The number of amides is 1. The fourth-order valence-corrected chi connectivity index (χ4v) is 3.73. The summed E-state index contributed by atoms with van der Waals surface area (Å²) >= 11 is 0. The van der Waals surface area contributed by atoms with Crippen molar-refractivity contribution in [3.63, 3.8) is 0 Å². The zero-order valence-electron chi connectivity index (χ0n) is 13.6. The van der Waals surface area contributed by atoms with Crippen LogP contribution < -0.4 is 5.73 Å². The molecule has 3 atom stereocenters. The van der Waals surface area contributed by atoms with Gasteiger partial charge in [-0.25, -0.2) is 0 Å². The lowest BCUT2D eigenvalue weighted by Gasteiger charge is -2.31. The molecule has 2 aliphatic rings. The predicted molar refractivity (Wildman–Crippen MR) is 89.1 cm³/mol. The molecular formula is C19H28N2O. The molecule has 2 aliphatic carbocycles. The Balaban J connectivity index is 1.68. The number of rotatable bonds is 6. The quantitative estimate of drug-likeness (QED) is 0.876. The van der Waals surface area contributed by atoms with Crippen LogP contribution in [0.4, 0.5) is 0 Å². The number of carbonyl (C=O) groups excluding carboxylic acids is 1. The van der Waals surface area contributed by atoms with Crippen molar-refractivity contribution < 1.29 is 4.79 Å². The zero-order chi connectivity index (χ0) is 15.5. The monoisotopic (exact) mass is 300 g/mol. The van der Waals surface area contributed by atoms with Crippen LogP contribution in [0.1, 0.15) is 51.0 Å². The maximum atomic E-state index is 12.9. The smallest absolute Gasteiger partial charge is 0.223 e. The number of hydrogen-bond acceptors (Lipinski definition) is 2. The largest absolute Gasteiger partial charge is 0.335 e. The van der Waals surface area contributed by atoms with Crippen LogP contribution in [-0.4, -0.2) is 22.9 Å². The van der Waals surface area contributed by atoms with Gasteiger partial charge in [0.2, 0.25) is 5.91 Å². The Morgan fingerprint density at radius 3 is 2.55 bits per heavy atom. The highest BCUT2D eigenvalue weighted by Crippen LogP contribution is 2.36. The first-order valence-corrected chi connectivity index (χ1v) is 8.74. The van der Waals surface area contributed by atoms with Gasteiger partial charge in [0.05, 0.1) is 0 Å². The van der Waals surface area contributed by atoms with Crippen molar-refractivity contribution >= 4 is 5.91 Å². The lowest BCUT2D eigenvalue weighted by atomic mass is 9.98. The van der Waals surface area contributed by atoms with Crippen molar-refractivity contribution in [3.8, 4) is 0 Å². The van der Waals surface area contributed by atoms with Gasteiger partial charge in [0.1, 0.15) is 0 Å². The van der Waals surface area contributed by atoms with Crippen molar-refractivity contribution in [1.82, 2.24) is 4.90 Å². The second-order valence-corrected chi connectivity index (χ2v) is 7.14. The second kappa shape index (κ2) is 6.82. The van der Waals surface area contributed by atoms with E-state index in [-0.39, 0.29) is 6.04 Å². The van der Waals surface area contributed by atoms with Gasteiger partial charge in [-0.15, -0.1) is 0 Å². The highest BCUT2D eigenvalue weighted by Gasteiger charge is 2.36. The van der Waals surface area contributed by atoms with E-state index in [0.717, 1.165) is 19.4 Å². The molecule has 0 aliphatic heterocycles. The van der Waals surface area contributed by atoms with E-state index in [0.29, 0.717) is 30.2 Å². The van der Waals surface area contributed by atoms with Crippen LogP contribution in [0.5, 0.6) is 0 Å². The lowest BCUT2D eigenvalue weighted by Crippen LogP contribution is -2.41. The first-order valence-electron chi connectivity index (χ1n) is 8.74. The van der Waals surface area contributed by atoms with Crippen molar-refractivity contribution in [2.75, 3.05) is 0 Å². The van der Waals surface area contributed by atoms with Gasteiger partial charge in [-0.2, -0.15) is 0 Å². The van der Waals surface area contributed by atoms with Crippen LogP contribution in [-0.2, 0) is 11.3 Å². The summed E-state index contributed by atoms with van der Waals surface area (Å²) in [6.45, 7) is 2.95. The van der Waals surface area contributed by atoms with E-state index in [1.165, 1.54) is 24.8 Å². The van der Waals surface area contributed by atoms with Crippen molar-refractivity contribution in [2.45, 2.75) is 64.1 Å². The summed E-state index contributed by atoms with van der Waals surface area (Å²) in [5.74, 6) is 1.38. The van der Waals surface area contributed by atoms with E-state index in [1.807, 2.05) is 18.2 Å². The van der Waals surface area contributed by atoms with Crippen molar-refractivity contribution in [2.24, 2.45) is 17.6 Å². The molecular weight excluding hydrogens is 272 g/mol. The lowest BCUT2D eigenvalue weighted by molar-refractivity contribution is -0.135. The van der Waals surface area contributed by atoms with E-state index in [2.05, 4.69) is 24.0 Å². The van der Waals surface area contributed by atoms with Crippen LogP contribution in [0.25, 0.3) is 0 Å². The van der Waals surface area contributed by atoms with Gasteiger partial charge in [-0.1, -0.05) is 36.8 Å². The van der Waals surface area contributed by atoms with E-state index < -0.39 is 0 Å². The van der Waals surface area contributed by atoms with E-state index >= 15 is 0 Å². The molecule has 1 unspecified atom stereocenters. The first-order chi connectivity index (χ1) is 10.6. The minimum Gasteiger partial charge on any atom is -0.335 e. The SMILES string of the molecule is CC(C1CC1)N(Cc1ccccc1)C(=O)C[C@@H]1CCC[C@H]1N. The molecule has 0 radical (unpaired) electrons. The van der Waals surface area contributed by atoms with Crippen molar-refractivity contribution in [3.05, 3.63) is 35.9 Å². The molecule has 0 bridgehead atoms. The minimum absolute atomic E-state index is 0.221. The first kappa shape index (κ1) is 15.5. The molecule has 2 N–H and O–H groups in total. The normalized spacial score (nSPS) is 25.9. The summed E-state index contributed by atoms with van der Waals surface area (Å²) < 4.78 is 0. The third kappa shape index (κ3) is 3.70. The van der Waals surface area contributed by atoms with Crippen LogP contribution in [0.15, 0.2) is 30.3 Å². The minimum atomic E-state index is 0.221. The van der Waals surface area contributed by atoms with Gasteiger partial charge >= 0.3 is 0 Å². The van der Waals surface area contributed by atoms with Gasteiger partial charge in [0.25, 0.3) is 0 Å². The Morgan fingerprint density at radius 2 is 1.95 bits per heavy atom. The standard InChI is InChI=1S/C19H28N2O/c1-14(16-10-11-16)21(13-15-6-3-2-4-7-15)19(22)12-17-8-5-9-18(17)20/h2-4,6-7,14,16-18H,5,8-13,20H2,1H3/t14?,17-,18+/m0/s1. The van der Waals surface area contributed by atoms with Crippen LogP contribution in [0, 0.1) is 11.8 Å². The number of benzene rings is 1. The highest BCUT2D eigenvalue weighted by molar-refractivity contribution is 5.77. The molecule has 0 saturated heterocycles. The third-order valence-corrected chi connectivity index (χ3v) is 5.47. The van der Waals surface area contributed by atoms with Gasteiger partial charge < -0.3 is 10.6 Å². The van der Waals surface area contributed by atoms with Crippen molar-refractivity contribution in [1.29, 1.82) is 0 Å². The molecule has 3 heteroatoms. The molecule has 3 rings (SSSR count). The molecule has 0 spiro atoms. The maximum absolute atomic E-state index is 12.9. The Bertz CT molecular complexity index is 497. The molecule has 1 amide bonds. The van der Waals surface area contributed by atoms with Crippen LogP contribution >= 0.6 is 0 Å². The number of nitrogens with zero attached hydrogens (tertiary/aromatic N) is 1. The topological polar surface area (TPSA) is 46.3 Å². The highest BCUT2D eigenvalue weighted by atomic mass is 16.2. The van der Waals surface area contributed by atoms with Crippen LogP contribution in [0.3, 0.4) is 0 Å². The molecule has 3 nitrogen and oxygen atoms in total. The maximum Gasteiger partial charge on any atom is 0.223 e. The number of nitrogens with two attached hydrogens (primary N) is 1. The second-order valence-electron chi connectivity index (χ2n) is 7.14. The van der Waals surface area contributed by atoms with Crippen LogP contribution in [0.2, 0.25) is 0 Å². The predicted octanol–water partition coefficient (Wildman–Crippen LogP) is 3.33. The summed E-state index contributed by atoms with van der Waals surface area (Å²) in [6.07, 6.45) is 6.53. The van der Waals surface area contributed by atoms with E-state index in [4.69, 9.17) is 5.73 Å². The zero-order valence-corrected chi connectivity index (χ0v) is 13.6. The van der Waals surface area contributed by atoms with Gasteiger partial charge in [-0.05, 0) is 50.0 Å². The fraction of sp³-hybridized carbons (Fsp3) is 0.632. The molecule has 1 aromatic rings. The molecule has 120 valence electrons. The molecule has 2 saturated carbocycles. The molecule has 2 fully saturated rings. The molecule has 0 aromatic heterocycles. The molecule has 22 heavy (non-hydrogen) atoms. The van der Waals surface area contributed by atoms with E-state index in [1.54, 1.807) is 0 Å². The van der Waals surface area contributed by atoms with Gasteiger partial charge in [0, 0.05) is 25.0 Å². The van der Waals surface area contributed by atoms with Gasteiger partial charge in [-0.3, -0.25) is 4.79 Å². The van der Waals surface area contributed by atoms with Gasteiger partial charge in [0.15, 0.2) is 0 Å². The summed E-state index contributed by atoms with van der Waals surface area (Å²) in [5.41, 5.74) is 7.38. The summed E-state index contributed by atoms with van der Waals surface area (Å²) in [6, 6.07) is 10.9. The van der Waals surface area contributed by atoms with E-state index in [9.17, 15) is 4.79 Å². The number of carbonyl (C=O) groups is 1. The Labute approximate surface area is 133 Å². The summed E-state index contributed by atoms with van der Waals surface area (Å²) in [7, 11) is 0. The summed E-state index contributed by atoms with van der Waals surface area (Å²) in [4.78, 5) is 15.0. The Hall–Kier alpha value is -1.35. The molecule has 1 aromatic carbocycles. The molecule has 0 heterocycles. The Morgan fingerprint density at radius 1 is 1.23 bits per heavy atom. The third-order valence-electron chi connectivity index (χ3n) is 5.47. The Kier molecular flexibility index (Phi) is 4.82. The fourth-order valence-electron chi connectivity index (χ4n) is 3.73. The number of hydrogen-bond donors (Lipinski definition) is 1.